The fraction of sp³-hybridized carbons (Fsp3) is 0.409. The van der Waals surface area contributed by atoms with Crippen LogP contribution < -0.4 is 0 Å². The van der Waals surface area contributed by atoms with Crippen LogP contribution in [-0.2, 0) is 32.1 Å². The summed E-state index contributed by atoms with van der Waals surface area (Å²) in [6.07, 6.45) is -2.80. The van der Waals surface area contributed by atoms with Crippen LogP contribution in [0.5, 0.6) is 0 Å². The number of carbonyl (C=O) groups is 1. The summed E-state index contributed by atoms with van der Waals surface area (Å²) in [4.78, 5) is 15.0. The van der Waals surface area contributed by atoms with E-state index in [1.165, 1.54) is 0 Å². The zero-order chi connectivity index (χ0) is 19.5. The predicted molar refractivity (Wildman–Crippen MR) is 102 cm³/mol. The zero-order valence-electron chi connectivity index (χ0n) is 15.8. The lowest BCUT2D eigenvalue weighted by molar-refractivity contribution is -0.247. The Morgan fingerprint density at radius 3 is 2.11 bits per heavy atom. The fourth-order valence-electron chi connectivity index (χ4n) is 3.55. The van der Waals surface area contributed by atoms with Crippen LogP contribution in [0.25, 0.3) is 0 Å². The van der Waals surface area contributed by atoms with Gasteiger partial charge in [0, 0.05) is 13.1 Å². The monoisotopic (exact) mass is 383 g/mol. The molecule has 6 nitrogen and oxygen atoms in total. The van der Waals surface area contributed by atoms with E-state index in [1.54, 1.807) is 11.8 Å². The van der Waals surface area contributed by atoms with Crippen LogP contribution in [0.3, 0.4) is 0 Å². The molecule has 0 saturated carbocycles. The third-order valence-corrected chi connectivity index (χ3v) is 5.07. The summed E-state index contributed by atoms with van der Waals surface area (Å²) in [5.74, 6) is -0.0901. The Hall–Kier alpha value is -2.25. The van der Waals surface area contributed by atoms with Crippen LogP contribution in [0.2, 0.25) is 0 Å². The number of epoxide rings is 1. The van der Waals surface area contributed by atoms with Gasteiger partial charge in [-0.05, 0) is 18.1 Å². The van der Waals surface area contributed by atoms with Crippen molar-refractivity contribution in [1.29, 1.82) is 0 Å². The molecule has 2 aromatic carbocycles. The highest BCUT2D eigenvalue weighted by Gasteiger charge is 2.55. The maximum absolute atomic E-state index is 13.2. The molecule has 0 bridgehead atoms. The first-order valence-electron chi connectivity index (χ1n) is 9.59. The van der Waals surface area contributed by atoms with E-state index in [4.69, 9.17) is 14.2 Å². The molecule has 2 saturated heterocycles. The van der Waals surface area contributed by atoms with Crippen LogP contribution in [0.15, 0.2) is 60.7 Å². The second-order valence-corrected chi connectivity index (χ2v) is 7.26. The number of nitrogens with zero attached hydrogens (tertiary/aromatic N) is 1. The summed E-state index contributed by atoms with van der Waals surface area (Å²) in [7, 11) is 0. The number of hydrogen-bond donors (Lipinski definition) is 1. The first-order valence-corrected chi connectivity index (χ1v) is 9.59. The number of ether oxygens (including phenoxy) is 3. The van der Waals surface area contributed by atoms with Gasteiger partial charge in [0.15, 0.2) is 12.4 Å². The van der Waals surface area contributed by atoms with Gasteiger partial charge in [0.05, 0.1) is 6.61 Å². The summed E-state index contributed by atoms with van der Waals surface area (Å²) in [6.45, 7) is 2.95. The highest BCUT2D eigenvalue weighted by molar-refractivity contribution is 5.84. The lowest BCUT2D eigenvalue weighted by Crippen LogP contribution is -2.47. The van der Waals surface area contributed by atoms with Gasteiger partial charge in [-0.15, -0.1) is 0 Å². The Balaban J connectivity index is 1.47. The minimum atomic E-state index is -0.796. The maximum Gasteiger partial charge on any atom is 0.255 e. The summed E-state index contributed by atoms with van der Waals surface area (Å²) < 4.78 is 16.6. The van der Waals surface area contributed by atoms with Gasteiger partial charge in [-0.3, -0.25) is 4.79 Å². The average molecular weight is 383 g/mol. The number of amides is 1. The molecule has 0 aliphatic carbocycles. The Labute approximate surface area is 164 Å². The lowest BCUT2D eigenvalue weighted by atomic mass is 10.1. The van der Waals surface area contributed by atoms with E-state index in [0.29, 0.717) is 13.1 Å². The zero-order valence-corrected chi connectivity index (χ0v) is 15.8. The van der Waals surface area contributed by atoms with E-state index in [0.717, 1.165) is 11.1 Å². The van der Waals surface area contributed by atoms with E-state index in [1.807, 2.05) is 60.7 Å². The van der Waals surface area contributed by atoms with Crippen LogP contribution in [0, 0.1) is 0 Å². The van der Waals surface area contributed by atoms with Gasteiger partial charge < -0.3 is 24.2 Å². The highest BCUT2D eigenvalue weighted by atomic mass is 16.7. The van der Waals surface area contributed by atoms with Crippen molar-refractivity contribution in [3.63, 3.8) is 0 Å². The molecule has 2 heterocycles. The Morgan fingerprint density at radius 2 is 1.54 bits per heavy atom. The first-order chi connectivity index (χ1) is 13.6. The van der Waals surface area contributed by atoms with Crippen LogP contribution in [0.4, 0.5) is 0 Å². The van der Waals surface area contributed by atoms with E-state index >= 15 is 0 Å². The smallest absolute Gasteiger partial charge is 0.255 e. The minimum absolute atomic E-state index is 0.0901. The number of rotatable bonds is 6. The topological polar surface area (TPSA) is 71.5 Å². The van der Waals surface area contributed by atoms with Crippen molar-refractivity contribution >= 4 is 5.91 Å². The normalized spacial score (nSPS) is 29.3. The fourth-order valence-corrected chi connectivity index (χ4v) is 3.55. The van der Waals surface area contributed by atoms with E-state index < -0.39 is 30.7 Å². The summed E-state index contributed by atoms with van der Waals surface area (Å²) >= 11 is 0. The van der Waals surface area contributed by atoms with Crippen molar-refractivity contribution in [1.82, 2.24) is 4.90 Å². The number of benzene rings is 2. The molecular weight excluding hydrogens is 358 g/mol. The second-order valence-electron chi connectivity index (χ2n) is 7.26. The van der Waals surface area contributed by atoms with Crippen molar-refractivity contribution in [3.05, 3.63) is 71.8 Å². The van der Waals surface area contributed by atoms with Crippen molar-refractivity contribution in [3.8, 4) is 0 Å². The third-order valence-electron chi connectivity index (χ3n) is 5.07. The molecule has 5 atom stereocenters. The number of aliphatic hydroxyl groups excluding tert-OH is 1. The molecule has 2 aromatic rings. The SMILES string of the molecule is C[C@@H]1OC[C@@H](O)[C@H]([C@H]2O[C@@H]2C(=O)N(Cc2ccccc2)Cc2ccccc2)O1. The van der Waals surface area contributed by atoms with Crippen LogP contribution >= 0.6 is 0 Å². The van der Waals surface area contributed by atoms with Gasteiger partial charge in [0.1, 0.15) is 18.3 Å². The molecular formula is C22H25NO5. The Kier molecular flexibility index (Phi) is 5.73. The second kappa shape index (κ2) is 8.41. The summed E-state index contributed by atoms with van der Waals surface area (Å²) in [6, 6.07) is 19.8. The molecule has 148 valence electrons. The number of hydrogen-bond acceptors (Lipinski definition) is 5. The molecule has 2 fully saturated rings. The lowest BCUT2D eigenvalue weighted by Gasteiger charge is -2.31. The maximum atomic E-state index is 13.2. The number of carbonyl (C=O) groups excluding carboxylic acids is 1. The van der Waals surface area contributed by atoms with Crippen molar-refractivity contribution in [2.75, 3.05) is 6.61 Å². The minimum Gasteiger partial charge on any atom is -0.388 e. The van der Waals surface area contributed by atoms with Crippen molar-refractivity contribution in [2.24, 2.45) is 0 Å². The molecule has 0 aromatic heterocycles. The van der Waals surface area contributed by atoms with Gasteiger partial charge in [-0.2, -0.15) is 0 Å². The van der Waals surface area contributed by atoms with Crippen molar-refractivity contribution in [2.45, 2.75) is 50.7 Å². The number of aliphatic hydroxyl groups is 1. The van der Waals surface area contributed by atoms with Crippen LogP contribution in [-0.4, -0.2) is 53.2 Å². The molecule has 1 N–H and O–H groups in total. The third kappa shape index (κ3) is 4.42. The molecule has 6 heteroatoms. The Bertz CT molecular complexity index is 743. The molecule has 2 aliphatic heterocycles. The van der Waals surface area contributed by atoms with E-state index in [9.17, 15) is 9.90 Å². The molecule has 0 spiro atoms. The van der Waals surface area contributed by atoms with Gasteiger partial charge in [0.2, 0.25) is 0 Å². The standard InChI is InChI=1S/C22H25NO5/c1-15-26-14-18(24)19(27-15)20-21(28-20)22(25)23(12-16-8-4-2-5-9-16)13-17-10-6-3-7-11-17/h2-11,15,18-21,24H,12-14H2,1H3/t15-,18-,19-,20-,21+/m1/s1. The van der Waals surface area contributed by atoms with Gasteiger partial charge in [-0.25, -0.2) is 0 Å². The van der Waals surface area contributed by atoms with Gasteiger partial charge in [0.25, 0.3) is 5.91 Å². The quantitative estimate of drug-likeness (QED) is 0.774. The average Bonchev–Trinajstić information content (AvgIpc) is 3.51. The molecule has 0 unspecified atom stereocenters. The molecule has 1 amide bonds. The van der Waals surface area contributed by atoms with Crippen LogP contribution in [0.1, 0.15) is 18.1 Å². The van der Waals surface area contributed by atoms with E-state index in [2.05, 4.69) is 0 Å². The molecule has 0 radical (unpaired) electrons. The van der Waals surface area contributed by atoms with Gasteiger partial charge >= 0.3 is 0 Å². The summed E-state index contributed by atoms with van der Waals surface area (Å²) in [5, 5.41) is 10.2. The van der Waals surface area contributed by atoms with Crippen molar-refractivity contribution < 1.29 is 24.1 Å². The largest absolute Gasteiger partial charge is 0.388 e. The predicted octanol–water partition coefficient (Wildman–Crippen LogP) is 2.11. The van der Waals surface area contributed by atoms with Gasteiger partial charge in [-0.1, -0.05) is 60.7 Å². The Morgan fingerprint density at radius 1 is 0.964 bits per heavy atom. The first kappa shape index (κ1) is 19.1. The molecule has 4 rings (SSSR count). The molecule has 28 heavy (non-hydrogen) atoms. The molecule has 2 aliphatic rings. The summed E-state index contributed by atoms with van der Waals surface area (Å²) in [5.41, 5.74) is 2.11. The van der Waals surface area contributed by atoms with E-state index in [-0.39, 0.29) is 12.5 Å². The highest BCUT2D eigenvalue weighted by Crippen LogP contribution is 2.34.